The van der Waals surface area contributed by atoms with Crippen LogP contribution in [0.5, 0.6) is 0 Å². The van der Waals surface area contributed by atoms with Gasteiger partial charge in [0.1, 0.15) is 0 Å². The summed E-state index contributed by atoms with van der Waals surface area (Å²) in [6.07, 6.45) is 3.33. The monoisotopic (exact) mass is 458 g/mol. The molecule has 0 fully saturated rings. The Morgan fingerprint density at radius 2 is 2.03 bits per heavy atom. The van der Waals surface area contributed by atoms with E-state index in [1.54, 1.807) is 37.5 Å². The predicted molar refractivity (Wildman–Crippen MR) is 122 cm³/mol. The minimum atomic E-state index is -3.70. The number of nitrogens with one attached hydrogen (secondary N) is 1. The lowest BCUT2D eigenvalue weighted by Gasteiger charge is -2.35. The van der Waals surface area contributed by atoms with Crippen molar-refractivity contribution in [3.8, 4) is 0 Å². The van der Waals surface area contributed by atoms with Crippen LogP contribution < -0.4 is 5.32 Å². The molecule has 0 radical (unpaired) electrons. The van der Waals surface area contributed by atoms with Crippen LogP contribution in [-0.4, -0.2) is 48.1 Å². The van der Waals surface area contributed by atoms with E-state index in [1.165, 1.54) is 15.7 Å². The summed E-state index contributed by atoms with van der Waals surface area (Å²) in [4.78, 5) is 17.6. The Balaban J connectivity index is 1.71. The van der Waals surface area contributed by atoms with E-state index in [0.29, 0.717) is 17.3 Å². The van der Waals surface area contributed by atoms with Crippen molar-refractivity contribution in [1.29, 1.82) is 0 Å². The molecule has 4 rings (SSSR count). The maximum atomic E-state index is 13.4. The molecule has 0 spiro atoms. The highest BCUT2D eigenvalue weighted by molar-refractivity contribution is 7.86. The Hall–Kier alpha value is -2.52. The number of hydrogen-bond donors (Lipinski definition) is 1. The van der Waals surface area contributed by atoms with Gasteiger partial charge in [-0.3, -0.25) is 9.78 Å². The molecule has 2 aromatic carbocycles. The molecule has 1 amide bonds. The first-order chi connectivity index (χ1) is 14.8. The molecule has 1 aliphatic heterocycles. The minimum Gasteiger partial charge on any atom is -0.324 e. The number of pyridine rings is 1. The number of fused-ring (bicyclic) bond motifs is 2. The second kappa shape index (κ2) is 8.55. The first kappa shape index (κ1) is 21.7. The van der Waals surface area contributed by atoms with Crippen LogP contribution in [0.3, 0.4) is 0 Å². The van der Waals surface area contributed by atoms with E-state index in [0.717, 1.165) is 21.9 Å². The molecule has 9 heteroatoms. The predicted octanol–water partition coefficient (Wildman–Crippen LogP) is 3.62. The number of hydrogen-bond acceptors (Lipinski definition) is 4. The van der Waals surface area contributed by atoms with Gasteiger partial charge in [-0.15, -0.1) is 0 Å². The van der Waals surface area contributed by atoms with Gasteiger partial charge in [0.25, 0.3) is 10.2 Å². The molecule has 1 aromatic heterocycles. The van der Waals surface area contributed by atoms with Crippen molar-refractivity contribution in [3.63, 3.8) is 0 Å². The molecule has 2 heterocycles. The second-order valence-corrected chi connectivity index (χ2v) is 9.98. The molecular weight excluding hydrogens is 436 g/mol. The Morgan fingerprint density at radius 1 is 1.26 bits per heavy atom. The normalized spacial score (nSPS) is 17.0. The van der Waals surface area contributed by atoms with Gasteiger partial charge >= 0.3 is 0 Å². The van der Waals surface area contributed by atoms with Crippen LogP contribution in [0, 0.1) is 0 Å². The lowest BCUT2D eigenvalue weighted by atomic mass is 9.90. The third-order valence-corrected chi connectivity index (χ3v) is 7.84. The van der Waals surface area contributed by atoms with E-state index in [4.69, 9.17) is 11.6 Å². The Bertz CT molecular complexity index is 1240. The summed E-state index contributed by atoms with van der Waals surface area (Å²) >= 11 is 6.20. The highest BCUT2D eigenvalue weighted by Crippen LogP contribution is 2.34. The van der Waals surface area contributed by atoms with E-state index in [1.807, 2.05) is 24.3 Å². The number of nitrogens with zero attached hydrogens (tertiary/aromatic N) is 3. The Labute approximate surface area is 186 Å². The van der Waals surface area contributed by atoms with Gasteiger partial charge in [0.15, 0.2) is 0 Å². The number of carbonyl (C=O) groups excluding carboxylic acids is 1. The standard InChI is InChI=1S/C22H23ClN4O3S/c1-3-26(2)31(29,30)27-13-16-8-9-17(23)10-19(16)20(14-27)22(28)25-21-12-24-11-15-6-4-5-7-18(15)21/h4-12,20H,3,13-14H2,1-2H3,(H,25,28)/t20-/m1/s1. The lowest BCUT2D eigenvalue weighted by Crippen LogP contribution is -2.47. The van der Waals surface area contributed by atoms with Gasteiger partial charge in [0, 0.05) is 48.7 Å². The van der Waals surface area contributed by atoms with E-state index in [2.05, 4.69) is 10.3 Å². The molecule has 1 aliphatic rings. The van der Waals surface area contributed by atoms with Gasteiger partial charge in [-0.25, -0.2) is 0 Å². The molecule has 0 saturated carbocycles. The number of rotatable bonds is 5. The summed E-state index contributed by atoms with van der Waals surface area (Å²) in [6, 6.07) is 12.9. The highest BCUT2D eigenvalue weighted by Gasteiger charge is 2.37. The van der Waals surface area contributed by atoms with Gasteiger partial charge in [-0.2, -0.15) is 17.0 Å². The fourth-order valence-electron chi connectivity index (χ4n) is 3.79. The number of carbonyl (C=O) groups is 1. The van der Waals surface area contributed by atoms with Crippen LogP contribution in [0.15, 0.2) is 54.9 Å². The molecule has 1 N–H and O–H groups in total. The SMILES string of the molecule is CCN(C)S(=O)(=O)N1Cc2ccc(Cl)cc2[C@H](C(=O)Nc2cncc3ccccc23)C1. The maximum Gasteiger partial charge on any atom is 0.282 e. The number of halogens is 1. The van der Waals surface area contributed by atoms with Crippen molar-refractivity contribution in [2.75, 3.05) is 25.5 Å². The summed E-state index contributed by atoms with van der Waals surface area (Å²) in [7, 11) is -2.17. The largest absolute Gasteiger partial charge is 0.324 e. The average molecular weight is 459 g/mol. The topological polar surface area (TPSA) is 82.6 Å². The molecule has 3 aromatic rings. The molecule has 31 heavy (non-hydrogen) atoms. The smallest absolute Gasteiger partial charge is 0.282 e. The molecule has 162 valence electrons. The number of aromatic nitrogens is 1. The Morgan fingerprint density at radius 3 is 2.81 bits per heavy atom. The van der Waals surface area contributed by atoms with Crippen LogP contribution >= 0.6 is 11.6 Å². The van der Waals surface area contributed by atoms with Gasteiger partial charge in [0.05, 0.1) is 17.8 Å². The third-order valence-electron chi connectivity index (χ3n) is 5.62. The maximum absolute atomic E-state index is 13.4. The van der Waals surface area contributed by atoms with Crippen LogP contribution in [0.2, 0.25) is 5.02 Å². The molecule has 1 atom stereocenters. The number of benzene rings is 2. The zero-order valence-corrected chi connectivity index (χ0v) is 18.8. The first-order valence-electron chi connectivity index (χ1n) is 9.94. The van der Waals surface area contributed by atoms with Gasteiger partial charge < -0.3 is 5.32 Å². The second-order valence-electron chi connectivity index (χ2n) is 7.51. The fraction of sp³-hybridized carbons (Fsp3) is 0.273. The summed E-state index contributed by atoms with van der Waals surface area (Å²) in [5.74, 6) is -1.01. The number of anilines is 1. The van der Waals surface area contributed by atoms with Crippen molar-refractivity contribution >= 4 is 44.2 Å². The van der Waals surface area contributed by atoms with Crippen molar-refractivity contribution in [2.45, 2.75) is 19.4 Å². The zero-order chi connectivity index (χ0) is 22.2. The molecule has 7 nitrogen and oxygen atoms in total. The molecule has 0 bridgehead atoms. The fourth-order valence-corrected chi connectivity index (χ4v) is 5.33. The molecular formula is C22H23ClN4O3S. The van der Waals surface area contributed by atoms with Crippen LogP contribution in [0.25, 0.3) is 10.8 Å². The third kappa shape index (κ3) is 4.16. The van der Waals surface area contributed by atoms with E-state index >= 15 is 0 Å². The van der Waals surface area contributed by atoms with Crippen LogP contribution in [-0.2, 0) is 21.5 Å². The van der Waals surface area contributed by atoms with E-state index in [9.17, 15) is 13.2 Å². The zero-order valence-electron chi connectivity index (χ0n) is 17.2. The summed E-state index contributed by atoms with van der Waals surface area (Å²) in [6.45, 7) is 2.33. The van der Waals surface area contributed by atoms with Gasteiger partial charge in [0.2, 0.25) is 5.91 Å². The molecule has 0 aliphatic carbocycles. The van der Waals surface area contributed by atoms with E-state index in [-0.39, 0.29) is 19.0 Å². The summed E-state index contributed by atoms with van der Waals surface area (Å²) in [5, 5.41) is 5.22. The van der Waals surface area contributed by atoms with Crippen molar-refractivity contribution < 1.29 is 13.2 Å². The summed E-state index contributed by atoms with van der Waals surface area (Å²) in [5.41, 5.74) is 2.08. The highest BCUT2D eigenvalue weighted by atomic mass is 35.5. The quantitative estimate of drug-likeness (QED) is 0.633. The van der Waals surface area contributed by atoms with E-state index < -0.39 is 16.1 Å². The Kier molecular flexibility index (Phi) is 5.98. The van der Waals surface area contributed by atoms with Crippen molar-refractivity contribution in [2.24, 2.45) is 0 Å². The number of amides is 1. The van der Waals surface area contributed by atoms with Gasteiger partial charge in [-0.1, -0.05) is 48.9 Å². The van der Waals surface area contributed by atoms with Crippen LogP contribution in [0.4, 0.5) is 5.69 Å². The van der Waals surface area contributed by atoms with Crippen molar-refractivity contribution in [3.05, 3.63) is 71.0 Å². The molecule has 0 unspecified atom stereocenters. The molecule has 0 saturated heterocycles. The lowest BCUT2D eigenvalue weighted by molar-refractivity contribution is -0.118. The average Bonchev–Trinajstić information content (AvgIpc) is 2.77. The first-order valence-corrected chi connectivity index (χ1v) is 11.7. The van der Waals surface area contributed by atoms with Gasteiger partial charge in [-0.05, 0) is 23.3 Å². The van der Waals surface area contributed by atoms with Crippen LogP contribution in [0.1, 0.15) is 24.0 Å². The minimum absolute atomic E-state index is 0.0318. The van der Waals surface area contributed by atoms with Crippen molar-refractivity contribution in [1.82, 2.24) is 13.6 Å². The summed E-state index contributed by atoms with van der Waals surface area (Å²) < 4.78 is 28.6.